The molecule has 112 valence electrons. The van der Waals surface area contributed by atoms with Crippen molar-refractivity contribution in [1.29, 1.82) is 0 Å². The molecule has 1 N–H and O–H groups in total. The van der Waals surface area contributed by atoms with E-state index >= 15 is 0 Å². The molecule has 0 spiro atoms. The molecule has 0 saturated heterocycles. The van der Waals surface area contributed by atoms with Gasteiger partial charge in [0.05, 0.1) is 16.7 Å². The summed E-state index contributed by atoms with van der Waals surface area (Å²) in [5, 5.41) is 4.56. The molecule has 0 aliphatic carbocycles. The number of ether oxygens (including phenoxy) is 1. The second kappa shape index (κ2) is 7.69. The minimum absolute atomic E-state index is 0.260. The fraction of sp³-hybridized carbons (Fsp3) is 0.294. The first-order valence-corrected chi connectivity index (χ1v) is 7.76. The largest absolute Gasteiger partial charge is 0.491 e. The molecular formula is C17H19Cl2NO. The zero-order valence-electron chi connectivity index (χ0n) is 12.2. The smallest absolute Gasteiger partial charge is 0.156 e. The molecule has 0 amide bonds. The lowest BCUT2D eigenvalue weighted by atomic mass is 10.1. The highest BCUT2D eigenvalue weighted by atomic mass is 35.5. The molecule has 0 radical (unpaired) electrons. The van der Waals surface area contributed by atoms with E-state index in [9.17, 15) is 0 Å². The Balaban J connectivity index is 2.04. The average Bonchev–Trinajstić information content (AvgIpc) is 2.49. The van der Waals surface area contributed by atoms with E-state index in [4.69, 9.17) is 27.9 Å². The molecule has 0 heterocycles. The van der Waals surface area contributed by atoms with Gasteiger partial charge >= 0.3 is 0 Å². The molecule has 4 heteroatoms. The molecule has 0 aliphatic heterocycles. The Morgan fingerprint density at radius 3 is 2.29 bits per heavy atom. The molecule has 2 aromatic carbocycles. The quantitative estimate of drug-likeness (QED) is 0.784. The van der Waals surface area contributed by atoms with Crippen molar-refractivity contribution in [3.05, 3.63) is 63.6 Å². The van der Waals surface area contributed by atoms with Crippen molar-refractivity contribution in [3.8, 4) is 5.75 Å². The summed E-state index contributed by atoms with van der Waals surface area (Å²) in [6, 6.07) is 14.4. The van der Waals surface area contributed by atoms with Crippen LogP contribution in [0.4, 0.5) is 0 Å². The highest BCUT2D eigenvalue weighted by Gasteiger charge is 2.10. The van der Waals surface area contributed by atoms with Crippen LogP contribution in [0.3, 0.4) is 0 Å². The summed E-state index contributed by atoms with van der Waals surface area (Å²) in [4.78, 5) is 0. The fourth-order valence-electron chi connectivity index (χ4n) is 2.13. The third-order valence-corrected chi connectivity index (χ3v) is 3.82. The maximum atomic E-state index is 6.21. The summed E-state index contributed by atoms with van der Waals surface area (Å²) in [7, 11) is 0. The van der Waals surface area contributed by atoms with E-state index in [1.807, 2.05) is 37.3 Å². The van der Waals surface area contributed by atoms with Gasteiger partial charge in [0, 0.05) is 12.6 Å². The maximum Gasteiger partial charge on any atom is 0.156 e. The van der Waals surface area contributed by atoms with Crippen LogP contribution < -0.4 is 10.1 Å². The molecular weight excluding hydrogens is 305 g/mol. The van der Waals surface area contributed by atoms with Gasteiger partial charge < -0.3 is 10.1 Å². The zero-order valence-corrected chi connectivity index (χ0v) is 13.7. The third-order valence-electron chi connectivity index (χ3n) is 3.26. The van der Waals surface area contributed by atoms with Crippen LogP contribution in [0.5, 0.6) is 5.75 Å². The first-order chi connectivity index (χ1) is 10.1. The SMILES string of the molecule is CCOc1c(Cl)cc(CN[C@H](C)c2ccccc2)cc1Cl. The predicted octanol–water partition coefficient (Wildman–Crippen LogP) is 5.24. The molecule has 0 fully saturated rings. The minimum atomic E-state index is 0.260. The molecule has 2 rings (SSSR count). The van der Waals surface area contributed by atoms with Gasteiger partial charge in [-0.15, -0.1) is 0 Å². The fourth-order valence-corrected chi connectivity index (χ4v) is 2.77. The lowest BCUT2D eigenvalue weighted by molar-refractivity contribution is 0.340. The Morgan fingerprint density at radius 2 is 1.71 bits per heavy atom. The van der Waals surface area contributed by atoms with Crippen LogP contribution in [0, 0.1) is 0 Å². The van der Waals surface area contributed by atoms with Crippen LogP contribution in [0.25, 0.3) is 0 Å². The number of halogens is 2. The lowest BCUT2D eigenvalue weighted by Crippen LogP contribution is -2.18. The van der Waals surface area contributed by atoms with Crippen LogP contribution in [0.1, 0.15) is 31.0 Å². The van der Waals surface area contributed by atoms with Gasteiger partial charge in [0.25, 0.3) is 0 Å². The molecule has 2 nitrogen and oxygen atoms in total. The van der Waals surface area contributed by atoms with Crippen LogP contribution in [0.15, 0.2) is 42.5 Å². The van der Waals surface area contributed by atoms with E-state index in [1.165, 1.54) is 5.56 Å². The number of hydrogen-bond acceptors (Lipinski definition) is 2. The summed E-state index contributed by atoms with van der Waals surface area (Å²) in [6.07, 6.45) is 0. The van der Waals surface area contributed by atoms with Crippen molar-refractivity contribution in [3.63, 3.8) is 0 Å². The van der Waals surface area contributed by atoms with E-state index in [0.29, 0.717) is 28.9 Å². The van der Waals surface area contributed by atoms with Gasteiger partial charge in [-0.3, -0.25) is 0 Å². The van der Waals surface area contributed by atoms with Crippen molar-refractivity contribution in [2.45, 2.75) is 26.4 Å². The Labute approximate surface area is 136 Å². The number of nitrogens with one attached hydrogen (secondary N) is 1. The number of rotatable bonds is 6. The lowest BCUT2D eigenvalue weighted by Gasteiger charge is -2.15. The van der Waals surface area contributed by atoms with Gasteiger partial charge in [-0.25, -0.2) is 0 Å². The van der Waals surface area contributed by atoms with Gasteiger partial charge in [0.15, 0.2) is 5.75 Å². The predicted molar refractivity (Wildman–Crippen MR) is 89.3 cm³/mol. The highest BCUT2D eigenvalue weighted by Crippen LogP contribution is 2.34. The van der Waals surface area contributed by atoms with Crippen LogP contribution in [-0.4, -0.2) is 6.61 Å². The first kappa shape index (κ1) is 16.2. The number of benzene rings is 2. The molecule has 0 unspecified atom stereocenters. The van der Waals surface area contributed by atoms with Crippen molar-refractivity contribution in [2.24, 2.45) is 0 Å². The summed E-state index contributed by atoms with van der Waals surface area (Å²) >= 11 is 12.4. The van der Waals surface area contributed by atoms with Crippen LogP contribution in [-0.2, 0) is 6.54 Å². The minimum Gasteiger partial charge on any atom is -0.491 e. The van der Waals surface area contributed by atoms with Crippen molar-refractivity contribution in [1.82, 2.24) is 5.32 Å². The van der Waals surface area contributed by atoms with E-state index in [0.717, 1.165) is 5.56 Å². The Hall–Kier alpha value is -1.22. The van der Waals surface area contributed by atoms with E-state index in [1.54, 1.807) is 0 Å². The summed E-state index contributed by atoms with van der Waals surface area (Å²) in [6.45, 7) is 5.28. The average molecular weight is 324 g/mol. The van der Waals surface area contributed by atoms with Crippen molar-refractivity contribution >= 4 is 23.2 Å². The first-order valence-electron chi connectivity index (χ1n) is 7.01. The number of hydrogen-bond donors (Lipinski definition) is 1. The van der Waals surface area contributed by atoms with Gasteiger partial charge in [0.2, 0.25) is 0 Å². The molecule has 0 bridgehead atoms. The van der Waals surface area contributed by atoms with Gasteiger partial charge in [0.1, 0.15) is 0 Å². The summed E-state index contributed by atoms with van der Waals surface area (Å²) in [5.74, 6) is 0.556. The normalized spacial score (nSPS) is 12.2. The van der Waals surface area contributed by atoms with Gasteiger partial charge in [-0.2, -0.15) is 0 Å². The molecule has 0 aromatic heterocycles. The van der Waals surface area contributed by atoms with E-state index in [2.05, 4.69) is 24.4 Å². The van der Waals surface area contributed by atoms with E-state index in [-0.39, 0.29) is 6.04 Å². The molecule has 0 saturated carbocycles. The summed E-state index contributed by atoms with van der Waals surface area (Å²) < 4.78 is 5.43. The van der Waals surface area contributed by atoms with Crippen LogP contribution >= 0.6 is 23.2 Å². The Kier molecular flexibility index (Phi) is 5.92. The maximum absolute atomic E-state index is 6.21. The molecule has 2 aromatic rings. The van der Waals surface area contributed by atoms with Gasteiger partial charge in [-0.05, 0) is 37.1 Å². The monoisotopic (exact) mass is 323 g/mol. The second-order valence-corrected chi connectivity index (χ2v) is 5.65. The summed E-state index contributed by atoms with van der Waals surface area (Å²) in [5.41, 5.74) is 2.29. The topological polar surface area (TPSA) is 21.3 Å². The standard InChI is InChI=1S/C17H19Cl2NO/c1-3-21-17-15(18)9-13(10-16(17)19)11-20-12(2)14-7-5-4-6-8-14/h4-10,12,20H,3,11H2,1-2H3/t12-/m1/s1. The molecule has 0 aliphatic rings. The molecule has 1 atom stereocenters. The van der Waals surface area contributed by atoms with Crippen LogP contribution in [0.2, 0.25) is 10.0 Å². The third kappa shape index (κ3) is 4.37. The zero-order chi connectivity index (χ0) is 15.2. The van der Waals surface area contributed by atoms with Gasteiger partial charge in [-0.1, -0.05) is 53.5 Å². The molecule has 21 heavy (non-hydrogen) atoms. The second-order valence-electron chi connectivity index (χ2n) is 4.83. The Morgan fingerprint density at radius 1 is 1.10 bits per heavy atom. The van der Waals surface area contributed by atoms with E-state index < -0.39 is 0 Å². The highest BCUT2D eigenvalue weighted by molar-refractivity contribution is 6.37. The van der Waals surface area contributed by atoms with Crippen molar-refractivity contribution in [2.75, 3.05) is 6.61 Å². The Bertz CT molecular complexity index is 564. The van der Waals surface area contributed by atoms with Crippen molar-refractivity contribution < 1.29 is 4.74 Å².